The summed E-state index contributed by atoms with van der Waals surface area (Å²) in [5, 5.41) is 8.23. The van der Waals surface area contributed by atoms with Crippen molar-refractivity contribution < 1.29 is 4.74 Å². The maximum Gasteiger partial charge on any atom is 0.191 e. The third-order valence-electron chi connectivity index (χ3n) is 5.58. The van der Waals surface area contributed by atoms with Gasteiger partial charge < -0.3 is 15.4 Å². The Hall–Kier alpha value is -0.180. The predicted molar refractivity (Wildman–Crippen MR) is 123 cm³/mol. The van der Waals surface area contributed by atoms with Gasteiger partial charge in [0.25, 0.3) is 0 Å². The Kier molecular flexibility index (Phi) is 7.95. The number of nitrogens with one attached hydrogen (secondary N) is 2. The largest absolute Gasteiger partial charge is 0.377 e. The van der Waals surface area contributed by atoms with Crippen LogP contribution in [0.1, 0.15) is 31.1 Å². The van der Waals surface area contributed by atoms with Crippen LogP contribution >= 0.6 is 47.3 Å². The van der Waals surface area contributed by atoms with E-state index < -0.39 is 0 Å². The molecule has 3 rings (SSSR count). The molecule has 26 heavy (non-hydrogen) atoms. The summed E-state index contributed by atoms with van der Waals surface area (Å²) in [6.45, 7) is 6.24. The number of aliphatic imine (C=N–C) groups is 1. The molecular weight excluding hydrogens is 481 g/mol. The standard InChI is InChI=1S/C19H28ClN3OS.HI/c1-19(2)16(14-8-9-24-17(14)19)23-18(21-3)22-11-15(25-4)12-6-5-7-13(20)10-12;/h5-7,10,14-17H,8-9,11H2,1-4H3,(H2,21,22,23);1H. The minimum Gasteiger partial charge on any atom is -0.377 e. The molecule has 1 heterocycles. The number of rotatable bonds is 5. The summed E-state index contributed by atoms with van der Waals surface area (Å²) < 4.78 is 5.88. The number of ether oxygens (including phenoxy) is 1. The van der Waals surface area contributed by atoms with Crippen molar-refractivity contribution in [3.05, 3.63) is 34.9 Å². The summed E-state index contributed by atoms with van der Waals surface area (Å²) in [6, 6.07) is 8.49. The summed E-state index contributed by atoms with van der Waals surface area (Å²) in [4.78, 5) is 4.43. The fraction of sp³-hybridized carbons (Fsp3) is 0.632. The topological polar surface area (TPSA) is 45.7 Å². The van der Waals surface area contributed by atoms with Gasteiger partial charge in [0.15, 0.2) is 5.96 Å². The van der Waals surface area contributed by atoms with E-state index in [1.165, 1.54) is 5.56 Å². The highest BCUT2D eigenvalue weighted by Crippen LogP contribution is 2.52. The van der Waals surface area contributed by atoms with Gasteiger partial charge in [0.1, 0.15) is 0 Å². The third-order valence-corrected chi connectivity index (χ3v) is 6.82. The molecule has 1 saturated carbocycles. The minimum atomic E-state index is 0. The van der Waals surface area contributed by atoms with Gasteiger partial charge in [-0.3, -0.25) is 4.99 Å². The van der Waals surface area contributed by atoms with E-state index >= 15 is 0 Å². The molecule has 1 aromatic carbocycles. The lowest BCUT2D eigenvalue weighted by atomic mass is 9.57. The second kappa shape index (κ2) is 9.34. The van der Waals surface area contributed by atoms with Crippen LogP contribution in [0.25, 0.3) is 0 Å². The highest BCUT2D eigenvalue weighted by Gasteiger charge is 2.59. The van der Waals surface area contributed by atoms with E-state index in [1.807, 2.05) is 37.0 Å². The molecule has 0 amide bonds. The van der Waals surface area contributed by atoms with Gasteiger partial charge in [-0.2, -0.15) is 11.8 Å². The molecule has 2 fully saturated rings. The van der Waals surface area contributed by atoms with Gasteiger partial charge in [-0.1, -0.05) is 37.6 Å². The maximum absolute atomic E-state index is 6.14. The summed E-state index contributed by atoms with van der Waals surface area (Å²) in [5.41, 5.74) is 1.38. The SMILES string of the molecule is CN=C(NCC(SC)c1cccc(Cl)c1)NC1C2CCOC2C1(C)C.I. The molecule has 146 valence electrons. The summed E-state index contributed by atoms with van der Waals surface area (Å²) in [6.07, 6.45) is 3.64. The Bertz CT molecular complexity index is 643. The molecule has 0 aromatic heterocycles. The zero-order chi connectivity index (χ0) is 18.0. The fourth-order valence-corrected chi connectivity index (χ4v) is 5.06. The van der Waals surface area contributed by atoms with E-state index in [2.05, 4.69) is 41.8 Å². The number of fused-ring (bicyclic) bond motifs is 1. The first-order valence-electron chi connectivity index (χ1n) is 8.84. The van der Waals surface area contributed by atoms with E-state index in [4.69, 9.17) is 16.3 Å². The van der Waals surface area contributed by atoms with Crippen molar-refractivity contribution in [1.29, 1.82) is 0 Å². The normalized spacial score (nSPS) is 27.7. The average Bonchev–Trinajstić information content (AvgIpc) is 3.05. The van der Waals surface area contributed by atoms with E-state index in [0.717, 1.165) is 30.6 Å². The number of thioether (sulfide) groups is 1. The Morgan fingerprint density at radius 2 is 2.23 bits per heavy atom. The van der Waals surface area contributed by atoms with Crippen LogP contribution in [0.4, 0.5) is 0 Å². The van der Waals surface area contributed by atoms with Crippen molar-refractivity contribution in [2.45, 2.75) is 37.7 Å². The highest BCUT2D eigenvalue weighted by atomic mass is 127. The Morgan fingerprint density at radius 1 is 1.46 bits per heavy atom. The van der Waals surface area contributed by atoms with E-state index in [9.17, 15) is 0 Å². The van der Waals surface area contributed by atoms with Crippen molar-refractivity contribution in [3.8, 4) is 0 Å². The lowest BCUT2D eigenvalue weighted by Crippen LogP contribution is -2.68. The lowest BCUT2D eigenvalue weighted by Gasteiger charge is -2.54. The first-order chi connectivity index (χ1) is 12.0. The van der Waals surface area contributed by atoms with Gasteiger partial charge in [0.05, 0.1) is 6.10 Å². The van der Waals surface area contributed by atoms with Crippen molar-refractivity contribution in [1.82, 2.24) is 10.6 Å². The molecule has 7 heteroatoms. The molecular formula is C19H29ClIN3OS. The van der Waals surface area contributed by atoms with Crippen LogP contribution in [0.2, 0.25) is 5.02 Å². The molecule has 1 aliphatic carbocycles. The minimum absolute atomic E-state index is 0. The molecule has 4 nitrogen and oxygen atoms in total. The molecule has 2 aliphatic rings. The van der Waals surface area contributed by atoms with Crippen LogP contribution in [0, 0.1) is 11.3 Å². The number of guanidine groups is 1. The number of hydrogen-bond donors (Lipinski definition) is 2. The van der Waals surface area contributed by atoms with Crippen LogP contribution < -0.4 is 10.6 Å². The number of halogens is 2. The number of benzene rings is 1. The Morgan fingerprint density at radius 3 is 2.88 bits per heavy atom. The van der Waals surface area contributed by atoms with Crippen LogP contribution in [0.15, 0.2) is 29.3 Å². The van der Waals surface area contributed by atoms with Gasteiger partial charge in [-0.15, -0.1) is 24.0 Å². The van der Waals surface area contributed by atoms with Crippen molar-refractivity contribution in [3.63, 3.8) is 0 Å². The van der Waals surface area contributed by atoms with Crippen molar-refractivity contribution in [2.75, 3.05) is 26.5 Å². The van der Waals surface area contributed by atoms with Gasteiger partial charge >= 0.3 is 0 Å². The zero-order valence-electron chi connectivity index (χ0n) is 15.8. The van der Waals surface area contributed by atoms with Gasteiger partial charge in [-0.05, 0) is 30.4 Å². The van der Waals surface area contributed by atoms with E-state index in [0.29, 0.717) is 23.3 Å². The van der Waals surface area contributed by atoms with Crippen molar-refractivity contribution in [2.24, 2.45) is 16.3 Å². The molecule has 1 saturated heterocycles. The fourth-order valence-electron chi connectivity index (χ4n) is 4.19. The first-order valence-corrected chi connectivity index (χ1v) is 10.5. The second-order valence-corrected chi connectivity index (χ2v) is 8.90. The van der Waals surface area contributed by atoms with E-state index in [1.54, 1.807) is 0 Å². The molecule has 0 bridgehead atoms. The average molecular weight is 510 g/mol. The molecule has 4 atom stereocenters. The lowest BCUT2D eigenvalue weighted by molar-refractivity contribution is -0.106. The molecule has 1 aromatic rings. The summed E-state index contributed by atoms with van der Waals surface area (Å²) in [5.74, 6) is 1.46. The smallest absolute Gasteiger partial charge is 0.191 e. The van der Waals surface area contributed by atoms with Crippen LogP contribution in [-0.2, 0) is 4.74 Å². The highest BCUT2D eigenvalue weighted by molar-refractivity contribution is 14.0. The molecule has 0 spiro atoms. The number of hydrogen-bond acceptors (Lipinski definition) is 3. The van der Waals surface area contributed by atoms with E-state index in [-0.39, 0.29) is 29.4 Å². The zero-order valence-corrected chi connectivity index (χ0v) is 19.7. The van der Waals surface area contributed by atoms with Gasteiger partial charge in [0, 0.05) is 47.8 Å². The predicted octanol–water partition coefficient (Wildman–Crippen LogP) is 4.34. The molecule has 0 radical (unpaired) electrons. The quantitative estimate of drug-likeness (QED) is 0.352. The van der Waals surface area contributed by atoms with Gasteiger partial charge in [0.2, 0.25) is 0 Å². The van der Waals surface area contributed by atoms with Crippen molar-refractivity contribution >= 4 is 53.3 Å². The Labute approximate surface area is 183 Å². The summed E-state index contributed by atoms with van der Waals surface area (Å²) in [7, 11) is 1.83. The Balaban J connectivity index is 0.00000243. The third kappa shape index (κ3) is 4.45. The molecule has 4 unspecified atom stereocenters. The van der Waals surface area contributed by atoms with Crippen LogP contribution in [0.5, 0.6) is 0 Å². The number of nitrogens with zero attached hydrogens (tertiary/aromatic N) is 1. The second-order valence-electron chi connectivity index (χ2n) is 7.42. The van der Waals surface area contributed by atoms with Gasteiger partial charge in [-0.25, -0.2) is 0 Å². The molecule has 2 N–H and O–H groups in total. The van der Waals surface area contributed by atoms with Crippen LogP contribution in [0.3, 0.4) is 0 Å². The first kappa shape index (κ1) is 22.1. The maximum atomic E-state index is 6.14. The monoisotopic (exact) mass is 509 g/mol. The summed E-state index contributed by atoms with van der Waals surface area (Å²) >= 11 is 7.95. The van der Waals surface area contributed by atoms with Crippen LogP contribution in [-0.4, -0.2) is 44.6 Å². The molecule has 1 aliphatic heterocycles.